The maximum Gasteiger partial charge on any atom is 0.191 e. The Morgan fingerprint density at radius 2 is 2.36 bits per heavy atom. The molecule has 2 aromatic rings. The molecule has 0 unspecified atom stereocenters. The minimum absolute atomic E-state index is 0.720. The average Bonchev–Trinajstić information content (AvgIpc) is 3.21. The molecule has 0 radical (unpaired) electrons. The predicted molar refractivity (Wildman–Crippen MR) is 90.2 cm³/mol. The number of hydrogen-bond acceptors (Lipinski definition) is 4. The Morgan fingerprint density at radius 1 is 1.41 bits per heavy atom. The van der Waals surface area contributed by atoms with Crippen LogP contribution in [0.15, 0.2) is 39.4 Å². The summed E-state index contributed by atoms with van der Waals surface area (Å²) in [4.78, 5) is 8.29. The molecular formula is C16H22N4OS. The van der Waals surface area contributed by atoms with E-state index < -0.39 is 0 Å². The molecule has 0 aliphatic carbocycles. The van der Waals surface area contributed by atoms with E-state index in [0.29, 0.717) is 0 Å². The van der Waals surface area contributed by atoms with Gasteiger partial charge in [-0.15, -0.1) is 11.3 Å². The lowest BCUT2D eigenvalue weighted by molar-refractivity contribution is 0.260. The highest BCUT2D eigenvalue weighted by Gasteiger charge is 2.16. The molecule has 2 aromatic heterocycles. The van der Waals surface area contributed by atoms with E-state index >= 15 is 0 Å². The van der Waals surface area contributed by atoms with Crippen molar-refractivity contribution in [3.63, 3.8) is 0 Å². The van der Waals surface area contributed by atoms with Crippen LogP contribution in [0.3, 0.4) is 0 Å². The summed E-state index contributed by atoms with van der Waals surface area (Å²) >= 11 is 1.89. The average molecular weight is 318 g/mol. The molecule has 0 amide bonds. The van der Waals surface area contributed by atoms with Crippen LogP contribution in [-0.2, 0) is 19.5 Å². The Bertz CT molecular complexity index is 605. The monoisotopic (exact) mass is 318 g/mol. The van der Waals surface area contributed by atoms with Gasteiger partial charge < -0.3 is 15.1 Å². The van der Waals surface area contributed by atoms with Crippen LogP contribution in [0.1, 0.15) is 16.0 Å². The van der Waals surface area contributed by atoms with Gasteiger partial charge in [0.15, 0.2) is 5.96 Å². The zero-order valence-corrected chi connectivity index (χ0v) is 13.7. The summed E-state index contributed by atoms with van der Waals surface area (Å²) in [6.07, 6.45) is 4.61. The van der Waals surface area contributed by atoms with Crippen LogP contribution in [0.25, 0.3) is 0 Å². The highest BCUT2D eigenvalue weighted by Crippen LogP contribution is 2.23. The number of nitrogens with one attached hydrogen (secondary N) is 2. The zero-order valence-electron chi connectivity index (χ0n) is 12.8. The molecule has 2 N–H and O–H groups in total. The van der Waals surface area contributed by atoms with Gasteiger partial charge in [-0.25, -0.2) is 0 Å². The zero-order chi connectivity index (χ0) is 15.2. The van der Waals surface area contributed by atoms with Gasteiger partial charge in [-0.3, -0.25) is 9.89 Å². The fraction of sp³-hybridized carbons (Fsp3) is 0.438. The Kier molecular flexibility index (Phi) is 5.13. The number of aliphatic imine (C=N–C) groups is 1. The second-order valence-electron chi connectivity index (χ2n) is 5.38. The molecule has 3 rings (SSSR count). The first kappa shape index (κ1) is 15.1. The van der Waals surface area contributed by atoms with E-state index in [1.807, 2.05) is 17.4 Å². The van der Waals surface area contributed by atoms with Crippen molar-refractivity contribution in [3.05, 3.63) is 46.0 Å². The molecule has 22 heavy (non-hydrogen) atoms. The van der Waals surface area contributed by atoms with Crippen LogP contribution in [0.4, 0.5) is 0 Å². The topological polar surface area (TPSA) is 52.8 Å². The first-order valence-electron chi connectivity index (χ1n) is 7.58. The van der Waals surface area contributed by atoms with E-state index in [9.17, 15) is 0 Å². The van der Waals surface area contributed by atoms with Crippen molar-refractivity contribution in [2.24, 2.45) is 4.99 Å². The van der Waals surface area contributed by atoms with Crippen molar-refractivity contribution >= 4 is 17.3 Å². The van der Waals surface area contributed by atoms with Gasteiger partial charge in [-0.05, 0) is 29.5 Å². The van der Waals surface area contributed by atoms with Gasteiger partial charge in [0.2, 0.25) is 0 Å². The molecular weight excluding hydrogens is 296 g/mol. The lowest BCUT2D eigenvalue weighted by Gasteiger charge is -2.27. The number of hydrogen-bond donors (Lipinski definition) is 2. The maximum atomic E-state index is 5.06. The van der Waals surface area contributed by atoms with Crippen molar-refractivity contribution in [2.45, 2.75) is 19.5 Å². The normalized spacial score (nSPS) is 15.6. The van der Waals surface area contributed by atoms with Gasteiger partial charge in [-0.2, -0.15) is 0 Å². The van der Waals surface area contributed by atoms with E-state index in [2.05, 4.69) is 32.0 Å². The summed E-state index contributed by atoms with van der Waals surface area (Å²) in [5.74, 6) is 0.828. The molecule has 0 aromatic carbocycles. The Balaban J connectivity index is 1.38. The summed E-state index contributed by atoms with van der Waals surface area (Å²) in [5.41, 5.74) is 2.61. The van der Waals surface area contributed by atoms with Crippen molar-refractivity contribution in [2.75, 3.05) is 26.7 Å². The van der Waals surface area contributed by atoms with Crippen LogP contribution in [-0.4, -0.2) is 37.5 Å². The number of fused-ring (bicyclic) bond motifs is 1. The second kappa shape index (κ2) is 7.47. The fourth-order valence-corrected chi connectivity index (χ4v) is 3.52. The van der Waals surface area contributed by atoms with Gasteiger partial charge in [0.1, 0.15) is 0 Å². The van der Waals surface area contributed by atoms with Gasteiger partial charge in [0.05, 0.1) is 12.5 Å². The molecule has 0 saturated carbocycles. The first-order chi connectivity index (χ1) is 10.8. The molecule has 0 atom stereocenters. The van der Waals surface area contributed by atoms with Crippen molar-refractivity contribution in [1.82, 2.24) is 15.5 Å². The lowest BCUT2D eigenvalue weighted by atomic mass is 10.1. The highest BCUT2D eigenvalue weighted by atomic mass is 32.1. The molecule has 1 aliphatic heterocycles. The maximum absolute atomic E-state index is 5.06. The Hall–Kier alpha value is -1.79. The molecule has 1 aliphatic rings. The Morgan fingerprint density at radius 3 is 3.18 bits per heavy atom. The van der Waals surface area contributed by atoms with E-state index in [1.54, 1.807) is 24.5 Å². The smallest absolute Gasteiger partial charge is 0.191 e. The molecule has 3 heterocycles. The number of nitrogens with zero attached hydrogens (tertiary/aromatic N) is 2. The van der Waals surface area contributed by atoms with E-state index in [1.165, 1.54) is 12.0 Å². The molecule has 118 valence electrons. The third-order valence-electron chi connectivity index (χ3n) is 3.87. The molecule has 5 nitrogen and oxygen atoms in total. The minimum atomic E-state index is 0.720. The van der Waals surface area contributed by atoms with Crippen LogP contribution in [0, 0.1) is 0 Å². The summed E-state index contributed by atoms with van der Waals surface area (Å²) in [7, 11) is 1.79. The van der Waals surface area contributed by atoms with Crippen LogP contribution >= 0.6 is 11.3 Å². The number of rotatable bonds is 5. The van der Waals surface area contributed by atoms with Gasteiger partial charge in [-0.1, -0.05) is 0 Å². The fourth-order valence-electron chi connectivity index (χ4n) is 2.63. The standard InChI is InChI=1S/C16H22N4OS/c1-17-16(19-10-13-3-8-21-12-13)18-5-7-20-6-2-15-14(11-20)4-9-22-15/h3-4,8-9,12H,2,5-7,10-11H2,1H3,(H2,17,18,19). The van der Waals surface area contributed by atoms with Crippen LogP contribution < -0.4 is 10.6 Å². The molecule has 6 heteroatoms. The Labute approximate surface area is 135 Å². The summed E-state index contributed by atoms with van der Waals surface area (Å²) in [5, 5.41) is 8.85. The van der Waals surface area contributed by atoms with E-state index in [4.69, 9.17) is 4.42 Å². The highest BCUT2D eigenvalue weighted by molar-refractivity contribution is 7.10. The number of guanidine groups is 1. The van der Waals surface area contributed by atoms with Crippen molar-refractivity contribution in [3.8, 4) is 0 Å². The van der Waals surface area contributed by atoms with E-state index in [0.717, 1.165) is 44.2 Å². The summed E-state index contributed by atoms with van der Waals surface area (Å²) in [6.45, 7) is 4.86. The first-order valence-corrected chi connectivity index (χ1v) is 8.46. The van der Waals surface area contributed by atoms with Crippen molar-refractivity contribution in [1.29, 1.82) is 0 Å². The molecule has 0 saturated heterocycles. The molecule has 0 spiro atoms. The minimum Gasteiger partial charge on any atom is -0.472 e. The van der Waals surface area contributed by atoms with Gasteiger partial charge in [0.25, 0.3) is 0 Å². The quantitative estimate of drug-likeness (QED) is 0.654. The second-order valence-corrected chi connectivity index (χ2v) is 6.38. The largest absolute Gasteiger partial charge is 0.472 e. The van der Waals surface area contributed by atoms with Gasteiger partial charge in [0, 0.05) is 50.2 Å². The van der Waals surface area contributed by atoms with Crippen molar-refractivity contribution < 1.29 is 4.42 Å². The summed E-state index contributed by atoms with van der Waals surface area (Å²) < 4.78 is 5.06. The third-order valence-corrected chi connectivity index (χ3v) is 4.89. The molecule has 0 fully saturated rings. The number of thiophene rings is 1. The van der Waals surface area contributed by atoms with E-state index in [-0.39, 0.29) is 0 Å². The summed E-state index contributed by atoms with van der Waals surface area (Å²) in [6, 6.07) is 4.21. The van der Waals surface area contributed by atoms with Gasteiger partial charge >= 0.3 is 0 Å². The van der Waals surface area contributed by atoms with Crippen LogP contribution in [0.2, 0.25) is 0 Å². The lowest BCUT2D eigenvalue weighted by Crippen LogP contribution is -2.42. The number of furan rings is 1. The van der Waals surface area contributed by atoms with Crippen LogP contribution in [0.5, 0.6) is 0 Å². The molecule has 0 bridgehead atoms. The predicted octanol–water partition coefficient (Wildman–Crippen LogP) is 2.06. The SMILES string of the molecule is CN=C(NCCN1CCc2sccc2C1)NCc1ccoc1. The third kappa shape index (κ3) is 3.90.